The number of nitrogens with zero attached hydrogens (tertiary/aromatic N) is 3. The zero-order valence-electron chi connectivity index (χ0n) is 18.8. The monoisotopic (exact) mass is 426 g/mol. The quantitative estimate of drug-likeness (QED) is 0.725. The van der Waals surface area contributed by atoms with Crippen molar-refractivity contribution in [2.45, 2.75) is 71.1 Å². The van der Waals surface area contributed by atoms with Gasteiger partial charge in [-0.15, -0.1) is 0 Å². The van der Waals surface area contributed by atoms with Gasteiger partial charge in [-0.05, 0) is 59.2 Å². The minimum absolute atomic E-state index is 0.0807. The van der Waals surface area contributed by atoms with E-state index in [0.717, 1.165) is 23.7 Å². The summed E-state index contributed by atoms with van der Waals surface area (Å²) >= 11 is 0. The molecule has 3 heterocycles. The average molecular weight is 427 g/mol. The van der Waals surface area contributed by atoms with Crippen molar-refractivity contribution in [3.63, 3.8) is 0 Å². The molecule has 3 atom stereocenters. The molecular formula is C23H30N4O4. The molecule has 166 valence electrons. The Labute approximate surface area is 182 Å². The normalized spacial score (nSPS) is 27.6. The van der Waals surface area contributed by atoms with E-state index in [-0.39, 0.29) is 36.4 Å². The minimum Gasteiger partial charge on any atom is -0.364 e. The lowest BCUT2D eigenvalue weighted by Gasteiger charge is -2.50. The fraction of sp³-hybridized carbons (Fsp3) is 0.565. The Morgan fingerprint density at radius 2 is 1.55 bits per heavy atom. The summed E-state index contributed by atoms with van der Waals surface area (Å²) in [6.07, 6.45) is 0.272. The van der Waals surface area contributed by atoms with Gasteiger partial charge in [-0.3, -0.25) is 34.3 Å². The van der Waals surface area contributed by atoms with E-state index in [0.29, 0.717) is 11.1 Å². The Kier molecular flexibility index (Phi) is 5.16. The summed E-state index contributed by atoms with van der Waals surface area (Å²) in [4.78, 5) is 55.5. The van der Waals surface area contributed by atoms with Crippen LogP contribution >= 0.6 is 0 Å². The molecule has 8 nitrogen and oxygen atoms in total. The van der Waals surface area contributed by atoms with Gasteiger partial charge in [-0.25, -0.2) is 0 Å². The van der Waals surface area contributed by atoms with Crippen LogP contribution in [0.4, 0.5) is 5.69 Å². The van der Waals surface area contributed by atoms with Crippen molar-refractivity contribution in [2.24, 2.45) is 0 Å². The number of imide groups is 2. The number of piperidine rings is 1. The molecule has 0 aromatic heterocycles. The number of carbonyl (C=O) groups excluding carboxylic acids is 4. The standard InChI is InChI=1S/C23H30N4O4/c1-13-11-25(23(3,4)5)12-14(2)26(13)15-6-7-16-17(10-15)22(31)27(21(16)30)18-8-9-19(28)24-20(18)29/h6-7,10,13-14,18H,8-9,11-12H2,1-5H3,(H,24,28,29). The number of anilines is 1. The summed E-state index contributed by atoms with van der Waals surface area (Å²) in [6, 6.07) is 4.88. The molecule has 4 rings (SSSR count). The number of hydrogen-bond acceptors (Lipinski definition) is 6. The predicted molar refractivity (Wildman–Crippen MR) is 116 cm³/mol. The average Bonchev–Trinajstić information content (AvgIpc) is 2.91. The van der Waals surface area contributed by atoms with Crippen LogP contribution in [0.25, 0.3) is 0 Å². The van der Waals surface area contributed by atoms with Crippen LogP contribution in [0.2, 0.25) is 0 Å². The van der Waals surface area contributed by atoms with E-state index in [9.17, 15) is 19.2 Å². The molecule has 2 saturated heterocycles. The third-order valence-corrected chi connectivity index (χ3v) is 6.59. The molecule has 1 aromatic carbocycles. The summed E-state index contributed by atoms with van der Waals surface area (Å²) < 4.78 is 0. The van der Waals surface area contributed by atoms with Gasteiger partial charge in [0.15, 0.2) is 0 Å². The molecule has 0 spiro atoms. The van der Waals surface area contributed by atoms with Gasteiger partial charge in [0.25, 0.3) is 11.8 Å². The number of hydrogen-bond donors (Lipinski definition) is 1. The summed E-state index contributed by atoms with van der Waals surface area (Å²) in [5.74, 6) is -1.91. The molecule has 0 saturated carbocycles. The maximum atomic E-state index is 13.1. The van der Waals surface area contributed by atoms with Gasteiger partial charge in [-0.1, -0.05) is 0 Å². The highest BCUT2D eigenvalue weighted by molar-refractivity contribution is 6.23. The third kappa shape index (κ3) is 3.63. The summed E-state index contributed by atoms with van der Waals surface area (Å²) in [5.41, 5.74) is 1.62. The Morgan fingerprint density at radius 3 is 2.13 bits per heavy atom. The fourth-order valence-electron chi connectivity index (χ4n) is 5.00. The predicted octanol–water partition coefficient (Wildman–Crippen LogP) is 1.79. The molecule has 8 heteroatoms. The lowest BCUT2D eigenvalue weighted by molar-refractivity contribution is -0.136. The third-order valence-electron chi connectivity index (χ3n) is 6.59. The van der Waals surface area contributed by atoms with Crippen molar-refractivity contribution in [3.05, 3.63) is 29.3 Å². The maximum Gasteiger partial charge on any atom is 0.262 e. The van der Waals surface area contributed by atoms with Gasteiger partial charge >= 0.3 is 0 Å². The van der Waals surface area contributed by atoms with Gasteiger partial charge in [0.1, 0.15) is 6.04 Å². The minimum atomic E-state index is -0.943. The molecule has 4 amide bonds. The van der Waals surface area contributed by atoms with E-state index >= 15 is 0 Å². The van der Waals surface area contributed by atoms with E-state index in [1.807, 2.05) is 6.07 Å². The molecule has 31 heavy (non-hydrogen) atoms. The molecule has 1 aromatic rings. The first-order valence-corrected chi connectivity index (χ1v) is 10.9. The van der Waals surface area contributed by atoms with E-state index in [2.05, 4.69) is 49.7 Å². The van der Waals surface area contributed by atoms with Crippen LogP contribution in [0.1, 0.15) is 68.2 Å². The van der Waals surface area contributed by atoms with Gasteiger partial charge in [-0.2, -0.15) is 0 Å². The van der Waals surface area contributed by atoms with Crippen LogP contribution < -0.4 is 10.2 Å². The van der Waals surface area contributed by atoms with Gasteiger partial charge < -0.3 is 4.90 Å². The van der Waals surface area contributed by atoms with Crippen molar-refractivity contribution >= 4 is 29.3 Å². The van der Waals surface area contributed by atoms with Crippen LogP contribution in [0, 0.1) is 0 Å². The van der Waals surface area contributed by atoms with Crippen LogP contribution in [-0.4, -0.2) is 70.2 Å². The first kappa shape index (κ1) is 21.5. The Hall–Kier alpha value is -2.74. The SMILES string of the molecule is CC1CN(C(C)(C)C)CC(C)N1c1ccc2c(c1)C(=O)N(C1CCC(=O)NC1=O)C2=O. The summed E-state index contributed by atoms with van der Waals surface area (Å²) in [6.45, 7) is 12.8. The van der Waals surface area contributed by atoms with Crippen molar-refractivity contribution in [1.29, 1.82) is 0 Å². The van der Waals surface area contributed by atoms with E-state index in [1.165, 1.54) is 0 Å². The molecule has 0 aliphatic carbocycles. The number of rotatable bonds is 2. The van der Waals surface area contributed by atoms with Crippen molar-refractivity contribution in [1.82, 2.24) is 15.1 Å². The number of nitrogens with one attached hydrogen (secondary N) is 1. The zero-order chi connectivity index (χ0) is 22.7. The smallest absolute Gasteiger partial charge is 0.262 e. The number of carbonyl (C=O) groups is 4. The highest BCUT2D eigenvalue weighted by Gasteiger charge is 2.45. The van der Waals surface area contributed by atoms with Gasteiger partial charge in [0.05, 0.1) is 11.1 Å². The van der Waals surface area contributed by atoms with E-state index < -0.39 is 23.8 Å². The van der Waals surface area contributed by atoms with Crippen LogP contribution in [0.15, 0.2) is 18.2 Å². The number of piperazine rings is 1. The van der Waals surface area contributed by atoms with Gasteiger partial charge in [0.2, 0.25) is 11.8 Å². The van der Waals surface area contributed by atoms with Crippen molar-refractivity contribution in [3.8, 4) is 0 Å². The summed E-state index contributed by atoms with van der Waals surface area (Å²) in [5, 5.41) is 2.23. The largest absolute Gasteiger partial charge is 0.364 e. The first-order chi connectivity index (χ1) is 14.5. The second kappa shape index (κ2) is 7.44. The van der Waals surface area contributed by atoms with Gasteiger partial charge in [0, 0.05) is 42.8 Å². The molecule has 3 aliphatic rings. The van der Waals surface area contributed by atoms with Crippen LogP contribution in [0.3, 0.4) is 0 Å². The molecule has 0 bridgehead atoms. The maximum absolute atomic E-state index is 13.1. The van der Waals surface area contributed by atoms with Crippen molar-refractivity contribution < 1.29 is 19.2 Å². The van der Waals surface area contributed by atoms with E-state index in [1.54, 1.807) is 12.1 Å². The Balaban J connectivity index is 1.60. The van der Waals surface area contributed by atoms with Crippen LogP contribution in [0.5, 0.6) is 0 Å². The van der Waals surface area contributed by atoms with Crippen molar-refractivity contribution in [2.75, 3.05) is 18.0 Å². The second-order valence-electron chi connectivity index (χ2n) is 9.86. The zero-order valence-corrected chi connectivity index (χ0v) is 18.8. The highest BCUT2D eigenvalue weighted by atomic mass is 16.2. The molecule has 3 unspecified atom stereocenters. The number of benzene rings is 1. The molecule has 2 fully saturated rings. The number of amides is 4. The Morgan fingerprint density at radius 1 is 0.935 bits per heavy atom. The molecule has 3 aliphatic heterocycles. The Bertz CT molecular complexity index is 955. The molecule has 1 N–H and O–H groups in total. The number of fused-ring (bicyclic) bond motifs is 1. The molecular weight excluding hydrogens is 396 g/mol. The highest BCUT2D eigenvalue weighted by Crippen LogP contribution is 2.33. The summed E-state index contributed by atoms with van der Waals surface area (Å²) in [7, 11) is 0. The first-order valence-electron chi connectivity index (χ1n) is 10.9. The van der Waals surface area contributed by atoms with E-state index in [4.69, 9.17) is 0 Å². The lowest BCUT2D eigenvalue weighted by Crippen LogP contribution is -2.61. The topological polar surface area (TPSA) is 90.0 Å². The van der Waals surface area contributed by atoms with Crippen LogP contribution in [-0.2, 0) is 9.59 Å². The lowest BCUT2D eigenvalue weighted by atomic mass is 9.98. The second-order valence-corrected chi connectivity index (χ2v) is 9.86. The molecule has 0 radical (unpaired) electrons. The fourth-order valence-corrected chi connectivity index (χ4v) is 5.00.